The topological polar surface area (TPSA) is 76.9 Å². The van der Waals surface area contributed by atoms with Gasteiger partial charge in [-0.1, -0.05) is 30.9 Å². The van der Waals surface area contributed by atoms with Gasteiger partial charge >= 0.3 is 0 Å². The van der Waals surface area contributed by atoms with Crippen LogP contribution in [0.1, 0.15) is 51.0 Å². The van der Waals surface area contributed by atoms with E-state index in [1.165, 1.54) is 32.1 Å². The SMILES string of the molecule is Clc1cnc(Nc2cnn(C3CCCCC3)c2)nc1NCC1CCOCC1. The molecule has 3 heterocycles. The Morgan fingerprint density at radius 2 is 1.93 bits per heavy atom. The van der Waals surface area contributed by atoms with Crippen molar-refractivity contribution < 1.29 is 4.74 Å². The lowest BCUT2D eigenvalue weighted by Gasteiger charge is -2.22. The quantitative estimate of drug-likeness (QED) is 0.760. The Kier molecular flexibility index (Phi) is 6.09. The highest BCUT2D eigenvalue weighted by atomic mass is 35.5. The second kappa shape index (κ2) is 8.89. The fraction of sp³-hybridized carbons (Fsp3) is 0.632. The molecule has 7 nitrogen and oxygen atoms in total. The van der Waals surface area contributed by atoms with Gasteiger partial charge in [-0.15, -0.1) is 0 Å². The predicted octanol–water partition coefficient (Wildman–Crippen LogP) is 4.41. The summed E-state index contributed by atoms with van der Waals surface area (Å²) >= 11 is 6.27. The fourth-order valence-corrected chi connectivity index (χ4v) is 3.98. The molecule has 0 spiro atoms. The third-order valence-corrected chi connectivity index (χ3v) is 5.73. The van der Waals surface area contributed by atoms with Crippen molar-refractivity contribution >= 4 is 29.1 Å². The Morgan fingerprint density at radius 1 is 1.11 bits per heavy atom. The highest BCUT2D eigenvalue weighted by Gasteiger charge is 2.17. The molecule has 0 radical (unpaired) electrons. The monoisotopic (exact) mass is 390 g/mol. The number of aromatic nitrogens is 4. The van der Waals surface area contributed by atoms with Crippen LogP contribution in [0.3, 0.4) is 0 Å². The van der Waals surface area contributed by atoms with Crippen LogP contribution >= 0.6 is 11.6 Å². The van der Waals surface area contributed by atoms with E-state index < -0.39 is 0 Å². The van der Waals surface area contributed by atoms with E-state index in [-0.39, 0.29) is 0 Å². The number of rotatable bonds is 6. The maximum Gasteiger partial charge on any atom is 0.229 e. The molecule has 0 bridgehead atoms. The zero-order valence-corrected chi connectivity index (χ0v) is 16.3. The van der Waals surface area contributed by atoms with E-state index in [2.05, 4.69) is 30.4 Å². The molecule has 146 valence electrons. The predicted molar refractivity (Wildman–Crippen MR) is 107 cm³/mol. The highest BCUT2D eigenvalue weighted by Crippen LogP contribution is 2.29. The minimum Gasteiger partial charge on any atom is -0.381 e. The van der Waals surface area contributed by atoms with Crippen LogP contribution in [0.2, 0.25) is 5.02 Å². The molecule has 0 aromatic carbocycles. The summed E-state index contributed by atoms with van der Waals surface area (Å²) in [4.78, 5) is 8.84. The van der Waals surface area contributed by atoms with Gasteiger partial charge in [0.25, 0.3) is 0 Å². The molecule has 8 heteroatoms. The molecular formula is C19H27ClN6O. The van der Waals surface area contributed by atoms with Gasteiger partial charge in [-0.05, 0) is 31.6 Å². The summed E-state index contributed by atoms with van der Waals surface area (Å²) in [7, 11) is 0. The van der Waals surface area contributed by atoms with Crippen LogP contribution in [-0.4, -0.2) is 39.5 Å². The zero-order valence-electron chi connectivity index (χ0n) is 15.5. The van der Waals surface area contributed by atoms with Crippen molar-refractivity contribution in [3.05, 3.63) is 23.6 Å². The van der Waals surface area contributed by atoms with E-state index in [0.717, 1.165) is 38.3 Å². The van der Waals surface area contributed by atoms with Crippen molar-refractivity contribution in [3.8, 4) is 0 Å². The number of ether oxygens (including phenoxy) is 1. The van der Waals surface area contributed by atoms with Gasteiger partial charge in [0, 0.05) is 26.0 Å². The van der Waals surface area contributed by atoms with Gasteiger partial charge in [0.2, 0.25) is 5.95 Å². The first-order valence-corrected chi connectivity index (χ1v) is 10.3. The van der Waals surface area contributed by atoms with Crippen molar-refractivity contribution in [1.29, 1.82) is 0 Å². The normalized spacial score (nSPS) is 19.1. The molecule has 4 rings (SSSR count). The van der Waals surface area contributed by atoms with Crippen LogP contribution in [-0.2, 0) is 4.74 Å². The molecule has 1 saturated carbocycles. The Labute approximate surface area is 164 Å². The molecule has 0 atom stereocenters. The second-order valence-corrected chi connectivity index (χ2v) is 7.86. The van der Waals surface area contributed by atoms with Crippen molar-refractivity contribution in [1.82, 2.24) is 19.7 Å². The van der Waals surface area contributed by atoms with Gasteiger partial charge in [-0.3, -0.25) is 4.68 Å². The van der Waals surface area contributed by atoms with Crippen molar-refractivity contribution in [2.45, 2.75) is 51.0 Å². The molecule has 2 aromatic heterocycles. The summed E-state index contributed by atoms with van der Waals surface area (Å²) in [5.41, 5.74) is 0.901. The maximum absolute atomic E-state index is 6.27. The molecule has 0 amide bonds. The number of anilines is 3. The van der Waals surface area contributed by atoms with Crippen LogP contribution in [0.15, 0.2) is 18.6 Å². The van der Waals surface area contributed by atoms with Crippen LogP contribution in [0.25, 0.3) is 0 Å². The Balaban J connectivity index is 1.38. The molecule has 2 aliphatic rings. The van der Waals surface area contributed by atoms with Gasteiger partial charge < -0.3 is 15.4 Å². The summed E-state index contributed by atoms with van der Waals surface area (Å²) in [6, 6.07) is 0.511. The molecule has 27 heavy (non-hydrogen) atoms. The third kappa shape index (κ3) is 4.90. The van der Waals surface area contributed by atoms with Gasteiger partial charge in [0.1, 0.15) is 5.02 Å². The smallest absolute Gasteiger partial charge is 0.229 e. The summed E-state index contributed by atoms with van der Waals surface area (Å²) in [6.45, 7) is 2.52. The first-order chi connectivity index (χ1) is 13.3. The maximum atomic E-state index is 6.27. The van der Waals surface area contributed by atoms with Crippen LogP contribution < -0.4 is 10.6 Å². The second-order valence-electron chi connectivity index (χ2n) is 7.45. The molecule has 1 saturated heterocycles. The summed E-state index contributed by atoms with van der Waals surface area (Å²) < 4.78 is 7.48. The lowest BCUT2D eigenvalue weighted by atomic mass is 9.96. The molecule has 1 aliphatic heterocycles. The van der Waals surface area contributed by atoms with Gasteiger partial charge in [-0.2, -0.15) is 10.1 Å². The van der Waals surface area contributed by atoms with E-state index in [1.54, 1.807) is 6.20 Å². The first kappa shape index (κ1) is 18.5. The minimum atomic E-state index is 0.511. The standard InChI is InChI=1S/C19H27ClN6O/c20-17-12-22-19(25-18(17)21-10-14-6-8-27-9-7-14)24-15-11-23-26(13-15)16-4-2-1-3-5-16/h11-14,16H,1-10H2,(H2,21,22,24,25). The number of hydrogen-bond acceptors (Lipinski definition) is 6. The average Bonchev–Trinajstić information content (AvgIpc) is 3.18. The number of nitrogens with one attached hydrogen (secondary N) is 2. The number of hydrogen-bond donors (Lipinski definition) is 2. The van der Waals surface area contributed by atoms with E-state index in [0.29, 0.717) is 28.7 Å². The molecule has 2 aromatic rings. The molecule has 1 aliphatic carbocycles. The van der Waals surface area contributed by atoms with E-state index in [9.17, 15) is 0 Å². The summed E-state index contributed by atoms with van der Waals surface area (Å²) in [6.07, 6.45) is 14.0. The molecule has 2 fully saturated rings. The molecule has 0 unspecified atom stereocenters. The van der Waals surface area contributed by atoms with Gasteiger partial charge in [0.05, 0.1) is 24.1 Å². The first-order valence-electron chi connectivity index (χ1n) is 9.93. The van der Waals surface area contributed by atoms with Crippen LogP contribution in [0.4, 0.5) is 17.5 Å². The zero-order chi connectivity index (χ0) is 18.5. The number of halogens is 1. The lowest BCUT2D eigenvalue weighted by Crippen LogP contribution is -2.23. The van der Waals surface area contributed by atoms with E-state index in [4.69, 9.17) is 16.3 Å². The third-order valence-electron chi connectivity index (χ3n) is 5.45. The van der Waals surface area contributed by atoms with E-state index in [1.807, 2.05) is 12.4 Å². The van der Waals surface area contributed by atoms with Crippen molar-refractivity contribution in [3.63, 3.8) is 0 Å². The summed E-state index contributed by atoms with van der Waals surface area (Å²) in [5.74, 6) is 1.78. The van der Waals surface area contributed by atoms with Crippen molar-refractivity contribution in [2.75, 3.05) is 30.4 Å². The highest BCUT2D eigenvalue weighted by molar-refractivity contribution is 6.32. The van der Waals surface area contributed by atoms with Crippen LogP contribution in [0.5, 0.6) is 0 Å². The number of nitrogens with zero attached hydrogens (tertiary/aromatic N) is 4. The van der Waals surface area contributed by atoms with Gasteiger partial charge in [0.15, 0.2) is 5.82 Å². The largest absolute Gasteiger partial charge is 0.381 e. The van der Waals surface area contributed by atoms with E-state index >= 15 is 0 Å². The molecule has 2 N–H and O–H groups in total. The lowest BCUT2D eigenvalue weighted by molar-refractivity contribution is 0.0699. The summed E-state index contributed by atoms with van der Waals surface area (Å²) in [5, 5.41) is 11.7. The fourth-order valence-electron chi connectivity index (χ4n) is 3.82. The average molecular weight is 391 g/mol. The van der Waals surface area contributed by atoms with Crippen LogP contribution in [0, 0.1) is 5.92 Å². The Morgan fingerprint density at radius 3 is 2.74 bits per heavy atom. The molecular weight excluding hydrogens is 364 g/mol. The van der Waals surface area contributed by atoms with Crippen molar-refractivity contribution in [2.24, 2.45) is 5.92 Å². The Hall–Kier alpha value is -1.86. The van der Waals surface area contributed by atoms with Gasteiger partial charge in [-0.25, -0.2) is 4.98 Å². The Bertz CT molecular complexity index is 740. The minimum absolute atomic E-state index is 0.511.